The number of nitrogens with one attached hydrogen (secondary N) is 2. The summed E-state index contributed by atoms with van der Waals surface area (Å²) in [5, 5.41) is 8.16. The van der Waals surface area contributed by atoms with E-state index in [1.54, 1.807) is 19.3 Å². The Bertz CT molecular complexity index is 2610. The number of halogens is 1. The molecule has 2 unspecified atom stereocenters. The molecule has 2 aromatic heterocycles. The fourth-order valence-electron chi connectivity index (χ4n) is 9.41. The standard InChI is InChI=1S/C46H52FN7O3.C8H16N2O2/c1-6-32-11-9-12-33-13-10-14-38(40(32)33)42-41(47)43-39(24-49-42)44(53(8-3)26-36(7-2)48-4)51-45(50-43)57-30-46(19-20-46)29-52(5)25-31-17-21-54(22-18-31)37-16-15-34(27-55)35(23-37)28-56;1-9-8(12)7(10(2)3)5-4-6-11/h1,9-16,23-24,27-28,31,36,48H,7-8,17-22,25-26,29-30H2,2-5H3;6-7H,4-5H2,1-3H3,(H,9,12). The smallest absolute Gasteiger partial charge is 0.319 e. The lowest BCUT2D eigenvalue weighted by Gasteiger charge is -2.36. The average molecular weight is 942 g/mol. The summed E-state index contributed by atoms with van der Waals surface area (Å²) in [6, 6.07) is 17.1. The number of pyridine rings is 1. The largest absolute Gasteiger partial charge is 0.463 e. The molecule has 7 rings (SSSR count). The van der Waals surface area contributed by atoms with Gasteiger partial charge in [-0.1, -0.05) is 43.2 Å². The number of piperidine rings is 1. The lowest BCUT2D eigenvalue weighted by molar-refractivity contribution is -0.125. The van der Waals surface area contributed by atoms with Crippen molar-refractivity contribution in [1.29, 1.82) is 0 Å². The van der Waals surface area contributed by atoms with Crippen molar-refractivity contribution in [2.45, 2.75) is 70.9 Å². The Morgan fingerprint density at radius 3 is 2.35 bits per heavy atom. The van der Waals surface area contributed by atoms with Crippen molar-refractivity contribution in [1.82, 2.24) is 35.4 Å². The van der Waals surface area contributed by atoms with Crippen molar-refractivity contribution in [3.8, 4) is 29.6 Å². The molecule has 5 aromatic rings. The molecule has 2 aliphatic rings. The lowest BCUT2D eigenvalue weighted by atomic mass is 9.95. The number of hydrogen-bond acceptors (Lipinski definition) is 13. The lowest BCUT2D eigenvalue weighted by Crippen LogP contribution is -2.42. The summed E-state index contributed by atoms with van der Waals surface area (Å²) in [4.78, 5) is 67.1. The SMILES string of the molecule is C#Cc1cccc2cccc(-c3ncc4c(N(CC)CC(CC)NC)nc(OCC5(CN(C)CC6CCN(c7ccc(C=O)c(C=O)c7)CC6)CC5)nc4c3F)c12.CNC(=O)C(CCC=O)N(C)C. The van der Waals surface area contributed by atoms with Crippen molar-refractivity contribution in [2.75, 3.05) is 90.9 Å². The first-order chi connectivity index (χ1) is 33.4. The summed E-state index contributed by atoms with van der Waals surface area (Å²) in [7, 11) is 9.38. The molecule has 0 spiro atoms. The fourth-order valence-corrected chi connectivity index (χ4v) is 9.41. The average Bonchev–Trinajstić information content (AvgIpc) is 4.14. The van der Waals surface area contributed by atoms with Crippen LogP contribution in [0.1, 0.15) is 85.1 Å². The second-order valence-corrected chi connectivity index (χ2v) is 18.6. The van der Waals surface area contributed by atoms with E-state index in [1.807, 2.05) is 74.6 Å². The van der Waals surface area contributed by atoms with Crippen LogP contribution < -0.4 is 25.2 Å². The molecule has 1 saturated heterocycles. The number of aldehydes is 3. The maximum atomic E-state index is 17.0. The van der Waals surface area contributed by atoms with Gasteiger partial charge in [-0.15, -0.1) is 6.42 Å². The highest BCUT2D eigenvalue weighted by Gasteiger charge is 2.45. The van der Waals surface area contributed by atoms with Crippen LogP contribution in [0.4, 0.5) is 15.9 Å². The number of carbonyl (C=O) groups excluding carboxylic acids is 4. The van der Waals surface area contributed by atoms with Gasteiger partial charge in [0.05, 0.1) is 18.0 Å². The third-order valence-corrected chi connectivity index (χ3v) is 13.7. The van der Waals surface area contributed by atoms with Gasteiger partial charge in [0, 0.05) is 104 Å². The second kappa shape index (κ2) is 24.3. The highest BCUT2D eigenvalue weighted by atomic mass is 19.1. The fraction of sp³-hybridized carbons (Fsp3) is 0.463. The van der Waals surface area contributed by atoms with Crippen LogP contribution in [0.3, 0.4) is 0 Å². The first kappa shape index (κ1) is 52.0. The third kappa shape index (κ3) is 12.7. The summed E-state index contributed by atoms with van der Waals surface area (Å²) < 4.78 is 23.5. The highest BCUT2D eigenvalue weighted by molar-refractivity contribution is 6.02. The molecule has 2 N–H and O–H groups in total. The minimum atomic E-state index is -0.536. The molecule has 3 aromatic carbocycles. The van der Waals surface area contributed by atoms with Gasteiger partial charge in [0.25, 0.3) is 0 Å². The Kier molecular flexibility index (Phi) is 18.3. The third-order valence-electron chi connectivity index (χ3n) is 13.7. The highest BCUT2D eigenvalue weighted by Crippen LogP contribution is 2.47. The molecule has 14 nitrogen and oxygen atoms in total. The van der Waals surface area contributed by atoms with Gasteiger partial charge in [0.1, 0.15) is 23.3 Å². The van der Waals surface area contributed by atoms with Gasteiger partial charge in [-0.2, -0.15) is 9.97 Å². The zero-order valence-corrected chi connectivity index (χ0v) is 41.3. The molecular formula is C54H68FN9O5. The molecule has 1 aliphatic heterocycles. The van der Waals surface area contributed by atoms with Crippen molar-refractivity contribution in [2.24, 2.45) is 11.3 Å². The molecule has 3 heterocycles. The summed E-state index contributed by atoms with van der Waals surface area (Å²) >= 11 is 0. The Labute approximate surface area is 406 Å². The molecule has 366 valence electrons. The van der Waals surface area contributed by atoms with E-state index < -0.39 is 5.82 Å². The maximum absolute atomic E-state index is 17.0. The van der Waals surface area contributed by atoms with Crippen LogP contribution in [0.2, 0.25) is 0 Å². The number of anilines is 2. The van der Waals surface area contributed by atoms with Crippen molar-refractivity contribution in [3.63, 3.8) is 0 Å². The molecule has 1 aliphatic carbocycles. The van der Waals surface area contributed by atoms with Crippen LogP contribution in [-0.4, -0.2) is 143 Å². The number of ether oxygens (including phenoxy) is 1. The van der Waals surface area contributed by atoms with Crippen molar-refractivity contribution in [3.05, 3.63) is 83.3 Å². The first-order valence-electron chi connectivity index (χ1n) is 24.1. The summed E-state index contributed by atoms with van der Waals surface area (Å²) in [5.74, 6) is 3.33. The number of nitrogens with zero attached hydrogens (tertiary/aromatic N) is 7. The molecular weight excluding hydrogens is 874 g/mol. The minimum absolute atomic E-state index is 0.0279. The molecule has 2 fully saturated rings. The van der Waals surface area contributed by atoms with Gasteiger partial charge in [0.2, 0.25) is 5.91 Å². The molecule has 69 heavy (non-hydrogen) atoms. The van der Waals surface area contributed by atoms with E-state index in [0.29, 0.717) is 71.9 Å². The number of aromatic nitrogens is 3. The zero-order valence-electron chi connectivity index (χ0n) is 41.3. The van der Waals surface area contributed by atoms with E-state index in [0.717, 1.165) is 93.6 Å². The van der Waals surface area contributed by atoms with Crippen LogP contribution in [0.25, 0.3) is 32.9 Å². The number of fused-ring (bicyclic) bond motifs is 2. The molecule has 0 bridgehead atoms. The number of benzene rings is 3. The maximum Gasteiger partial charge on any atom is 0.319 e. The molecule has 1 saturated carbocycles. The van der Waals surface area contributed by atoms with E-state index in [-0.39, 0.29) is 40.6 Å². The molecule has 2 atom stereocenters. The van der Waals surface area contributed by atoms with E-state index in [1.165, 1.54) is 0 Å². The zero-order chi connectivity index (χ0) is 49.7. The summed E-state index contributed by atoms with van der Waals surface area (Å²) in [6.45, 7) is 9.62. The number of rotatable bonds is 22. The first-order valence-corrected chi connectivity index (χ1v) is 24.1. The van der Waals surface area contributed by atoms with Crippen molar-refractivity contribution < 1.29 is 28.3 Å². The number of carbonyl (C=O) groups is 4. The molecule has 15 heteroatoms. The van der Waals surface area contributed by atoms with E-state index in [4.69, 9.17) is 26.1 Å². The van der Waals surface area contributed by atoms with E-state index in [9.17, 15) is 19.2 Å². The van der Waals surface area contributed by atoms with E-state index >= 15 is 4.39 Å². The van der Waals surface area contributed by atoms with Gasteiger partial charge >= 0.3 is 6.01 Å². The monoisotopic (exact) mass is 942 g/mol. The minimum Gasteiger partial charge on any atom is -0.463 e. The Balaban J connectivity index is 0.000000575. The Morgan fingerprint density at radius 1 is 1.01 bits per heavy atom. The quantitative estimate of drug-likeness (QED) is 0.0539. The predicted octanol–water partition coefficient (Wildman–Crippen LogP) is 7.06. The number of likely N-dealkylation sites (N-methyl/N-ethyl adjacent to an activating group) is 4. The number of amides is 1. The Morgan fingerprint density at radius 2 is 1.74 bits per heavy atom. The van der Waals surface area contributed by atoms with Gasteiger partial charge in [-0.3, -0.25) is 24.3 Å². The van der Waals surface area contributed by atoms with Crippen LogP contribution in [0, 0.1) is 29.5 Å². The molecule has 0 radical (unpaired) electrons. The number of hydrogen-bond donors (Lipinski definition) is 2. The topological polar surface area (TPSA) is 153 Å². The van der Waals surface area contributed by atoms with Crippen molar-refractivity contribution >= 4 is 57.9 Å². The molecule has 1 amide bonds. The Hall–Kier alpha value is -6.34. The van der Waals surface area contributed by atoms with Gasteiger partial charge in [-0.25, -0.2) is 4.39 Å². The van der Waals surface area contributed by atoms with Crippen LogP contribution in [-0.2, 0) is 9.59 Å². The second-order valence-electron chi connectivity index (χ2n) is 18.6. The van der Waals surface area contributed by atoms with Crippen LogP contribution in [0.15, 0.2) is 60.8 Å². The van der Waals surface area contributed by atoms with Gasteiger partial charge < -0.3 is 34.9 Å². The van der Waals surface area contributed by atoms with Crippen LogP contribution in [0.5, 0.6) is 6.01 Å². The predicted molar refractivity (Wildman–Crippen MR) is 273 cm³/mol. The summed E-state index contributed by atoms with van der Waals surface area (Å²) in [5.41, 5.74) is 3.45. The van der Waals surface area contributed by atoms with Gasteiger partial charge in [0.15, 0.2) is 18.4 Å². The normalized spacial score (nSPS) is 15.2. The summed E-state index contributed by atoms with van der Waals surface area (Å²) in [6.07, 6.45) is 16.0. The van der Waals surface area contributed by atoms with E-state index in [2.05, 4.69) is 52.1 Å². The van der Waals surface area contributed by atoms with Gasteiger partial charge in [-0.05, 0) is 109 Å². The van der Waals surface area contributed by atoms with Crippen LogP contribution >= 0.6 is 0 Å². The number of terminal acetylenes is 1.